The highest BCUT2D eigenvalue weighted by atomic mass is 32.1. The molecule has 0 unspecified atom stereocenters. The van der Waals surface area contributed by atoms with E-state index in [0.717, 1.165) is 5.57 Å². The summed E-state index contributed by atoms with van der Waals surface area (Å²) >= 11 is 4.78. The highest BCUT2D eigenvalue weighted by Crippen LogP contribution is 2.04. The first-order valence-electron chi connectivity index (χ1n) is 2.65. The fourth-order valence-corrected chi connectivity index (χ4v) is 0.762. The maximum atomic E-state index is 10.7. The lowest BCUT2D eigenvalue weighted by Gasteiger charge is -2.01. The monoisotopic (exact) mass is 138 g/mol. The van der Waals surface area contributed by atoms with Crippen molar-refractivity contribution in [1.82, 2.24) is 0 Å². The van der Waals surface area contributed by atoms with Gasteiger partial charge in [0.25, 0.3) is 0 Å². The molecule has 0 aromatic heterocycles. The third-order valence-corrected chi connectivity index (χ3v) is 1.70. The van der Waals surface area contributed by atoms with Crippen molar-refractivity contribution in [2.24, 2.45) is 0 Å². The number of allylic oxidation sites excluding steroid dienone is 4. The molecule has 1 nitrogen and oxygen atoms in total. The Kier molecular flexibility index (Phi) is 1.58. The number of thiocarbonyl (C=S) groups is 1. The average Bonchev–Trinajstić information content (AvgIpc) is 1.83. The summed E-state index contributed by atoms with van der Waals surface area (Å²) in [5.74, 6) is -0.0509. The summed E-state index contributed by atoms with van der Waals surface area (Å²) in [5, 5.41) is 0. The van der Waals surface area contributed by atoms with Crippen LogP contribution in [0.4, 0.5) is 0 Å². The van der Waals surface area contributed by atoms with Crippen molar-refractivity contribution < 1.29 is 4.79 Å². The Hall–Kier alpha value is -0.760. The molecule has 0 heterocycles. The van der Waals surface area contributed by atoms with Crippen LogP contribution in [0, 0.1) is 0 Å². The topological polar surface area (TPSA) is 17.1 Å². The van der Waals surface area contributed by atoms with Crippen molar-refractivity contribution in [1.29, 1.82) is 0 Å². The van der Waals surface area contributed by atoms with E-state index in [4.69, 9.17) is 12.2 Å². The van der Waals surface area contributed by atoms with E-state index in [-0.39, 0.29) is 5.78 Å². The predicted molar refractivity (Wildman–Crippen MR) is 40.5 cm³/mol. The smallest absolute Gasteiger partial charge is 0.196 e. The Morgan fingerprint density at radius 1 is 1.56 bits per heavy atom. The average molecular weight is 138 g/mol. The molecular formula is C7H6OS. The molecule has 46 valence electrons. The van der Waals surface area contributed by atoms with Crippen molar-refractivity contribution in [2.45, 2.75) is 6.92 Å². The maximum Gasteiger partial charge on any atom is 0.196 e. The van der Waals surface area contributed by atoms with Gasteiger partial charge in [-0.05, 0) is 18.6 Å². The standard InChI is InChI=1S/C7H6OS/c1-5-3-2-4-6(8)7(5)9/h2-4H,1H3. The lowest BCUT2D eigenvalue weighted by Crippen LogP contribution is -2.11. The van der Waals surface area contributed by atoms with Crippen LogP contribution in [0.3, 0.4) is 0 Å². The van der Waals surface area contributed by atoms with Gasteiger partial charge in [0.1, 0.15) is 0 Å². The van der Waals surface area contributed by atoms with E-state index < -0.39 is 0 Å². The predicted octanol–water partition coefficient (Wildman–Crippen LogP) is 1.44. The quantitative estimate of drug-likeness (QED) is 0.471. The van der Waals surface area contributed by atoms with Crippen LogP contribution in [-0.2, 0) is 4.79 Å². The molecule has 0 bridgehead atoms. The van der Waals surface area contributed by atoms with Crippen LogP contribution in [0.25, 0.3) is 0 Å². The molecular weight excluding hydrogens is 132 g/mol. The Bertz CT molecular complexity index is 223. The lowest BCUT2D eigenvalue weighted by atomic mass is 10.1. The molecule has 0 fully saturated rings. The van der Waals surface area contributed by atoms with Crippen LogP contribution < -0.4 is 0 Å². The van der Waals surface area contributed by atoms with E-state index in [2.05, 4.69) is 0 Å². The summed E-state index contributed by atoms with van der Waals surface area (Å²) in [7, 11) is 0. The van der Waals surface area contributed by atoms with Gasteiger partial charge in [0.2, 0.25) is 0 Å². The molecule has 0 aliphatic heterocycles. The van der Waals surface area contributed by atoms with E-state index in [1.54, 1.807) is 6.08 Å². The summed E-state index contributed by atoms with van der Waals surface area (Å²) in [5.41, 5.74) is 0.887. The Balaban J connectivity index is 3.00. The van der Waals surface area contributed by atoms with Gasteiger partial charge < -0.3 is 0 Å². The third-order valence-electron chi connectivity index (χ3n) is 1.18. The minimum absolute atomic E-state index is 0.0509. The number of hydrogen-bond donors (Lipinski definition) is 0. The second kappa shape index (κ2) is 2.23. The molecule has 0 saturated heterocycles. The molecule has 9 heavy (non-hydrogen) atoms. The van der Waals surface area contributed by atoms with Crippen molar-refractivity contribution in [2.75, 3.05) is 0 Å². The Morgan fingerprint density at radius 3 is 2.67 bits per heavy atom. The van der Waals surface area contributed by atoms with Crippen molar-refractivity contribution in [3.05, 3.63) is 23.8 Å². The molecule has 0 aromatic carbocycles. The highest BCUT2D eigenvalue weighted by molar-refractivity contribution is 7.82. The molecule has 0 spiro atoms. The maximum absolute atomic E-state index is 10.7. The summed E-state index contributed by atoms with van der Waals surface area (Å²) in [6, 6.07) is 0. The second-order valence-electron chi connectivity index (χ2n) is 1.90. The first-order valence-corrected chi connectivity index (χ1v) is 3.06. The van der Waals surface area contributed by atoms with Gasteiger partial charge in [0.15, 0.2) is 5.78 Å². The summed E-state index contributed by atoms with van der Waals surface area (Å²) < 4.78 is 0. The van der Waals surface area contributed by atoms with Gasteiger partial charge in [0.05, 0.1) is 4.86 Å². The van der Waals surface area contributed by atoms with Crippen LogP contribution in [0.1, 0.15) is 6.92 Å². The number of carbonyl (C=O) groups excluding carboxylic acids is 1. The molecule has 2 heteroatoms. The zero-order valence-corrected chi connectivity index (χ0v) is 5.87. The third kappa shape index (κ3) is 1.13. The number of rotatable bonds is 0. The highest BCUT2D eigenvalue weighted by Gasteiger charge is 2.09. The summed E-state index contributed by atoms with van der Waals surface area (Å²) in [6.07, 6.45) is 5.03. The minimum atomic E-state index is -0.0509. The van der Waals surface area contributed by atoms with E-state index in [1.807, 2.05) is 13.0 Å². The van der Waals surface area contributed by atoms with Crippen molar-refractivity contribution in [3.63, 3.8) is 0 Å². The molecule has 0 saturated carbocycles. The minimum Gasteiger partial charge on any atom is -0.288 e. The van der Waals surface area contributed by atoms with Crippen LogP contribution in [0.5, 0.6) is 0 Å². The van der Waals surface area contributed by atoms with Gasteiger partial charge in [-0.2, -0.15) is 0 Å². The molecule has 0 radical (unpaired) electrons. The zero-order chi connectivity index (χ0) is 6.85. The van der Waals surface area contributed by atoms with Gasteiger partial charge in [-0.3, -0.25) is 4.79 Å². The van der Waals surface area contributed by atoms with Gasteiger partial charge in [-0.25, -0.2) is 0 Å². The van der Waals surface area contributed by atoms with Crippen molar-refractivity contribution >= 4 is 22.9 Å². The van der Waals surface area contributed by atoms with Crippen molar-refractivity contribution in [3.8, 4) is 0 Å². The number of carbonyl (C=O) groups is 1. The summed E-state index contributed by atoms with van der Waals surface area (Å²) in [4.78, 5) is 11.2. The first kappa shape index (κ1) is 6.36. The number of ketones is 1. The van der Waals surface area contributed by atoms with Gasteiger partial charge >= 0.3 is 0 Å². The molecule has 1 aliphatic carbocycles. The van der Waals surface area contributed by atoms with Crippen LogP contribution in [0.15, 0.2) is 23.8 Å². The normalized spacial score (nSPS) is 18.1. The van der Waals surface area contributed by atoms with E-state index in [9.17, 15) is 4.79 Å². The molecule has 1 rings (SSSR count). The summed E-state index contributed by atoms with van der Waals surface area (Å²) in [6.45, 7) is 1.84. The van der Waals surface area contributed by atoms with Crippen LogP contribution in [0.2, 0.25) is 0 Å². The number of hydrogen-bond acceptors (Lipinski definition) is 2. The molecule has 0 aromatic rings. The van der Waals surface area contributed by atoms with Gasteiger partial charge in [-0.1, -0.05) is 24.4 Å². The lowest BCUT2D eigenvalue weighted by molar-refractivity contribution is -0.108. The van der Waals surface area contributed by atoms with Gasteiger partial charge in [0, 0.05) is 0 Å². The molecule has 1 aliphatic rings. The SMILES string of the molecule is CC1=CC=CC(=O)C1=S. The van der Waals surface area contributed by atoms with Crippen LogP contribution in [-0.4, -0.2) is 10.6 Å². The zero-order valence-electron chi connectivity index (χ0n) is 5.05. The Morgan fingerprint density at radius 2 is 2.22 bits per heavy atom. The van der Waals surface area contributed by atoms with Gasteiger partial charge in [-0.15, -0.1) is 0 Å². The van der Waals surface area contributed by atoms with E-state index in [1.165, 1.54) is 6.08 Å². The molecule has 0 atom stereocenters. The first-order chi connectivity index (χ1) is 4.22. The second-order valence-corrected chi connectivity index (χ2v) is 2.31. The molecule has 0 amide bonds. The fraction of sp³-hybridized carbons (Fsp3) is 0.143. The van der Waals surface area contributed by atoms with E-state index >= 15 is 0 Å². The molecule has 0 N–H and O–H groups in total. The Labute approximate surface area is 59.1 Å². The van der Waals surface area contributed by atoms with E-state index in [0.29, 0.717) is 4.86 Å². The van der Waals surface area contributed by atoms with Crippen LogP contribution >= 0.6 is 12.2 Å². The largest absolute Gasteiger partial charge is 0.288 e. The fourth-order valence-electron chi connectivity index (χ4n) is 0.626.